The van der Waals surface area contributed by atoms with E-state index in [9.17, 15) is 4.79 Å². The molecule has 0 bridgehead atoms. The Kier molecular flexibility index (Phi) is 4.22. The van der Waals surface area contributed by atoms with Crippen LogP contribution in [0.1, 0.15) is 12.0 Å². The SMILES string of the molecule is Cc1ccc(Cl)cc1N1C(=O)COCC1CCO. The van der Waals surface area contributed by atoms with Crippen molar-refractivity contribution in [2.45, 2.75) is 19.4 Å². The highest BCUT2D eigenvalue weighted by Crippen LogP contribution is 2.28. The number of aliphatic hydroxyl groups is 1. The fraction of sp³-hybridized carbons (Fsp3) is 0.462. The number of aliphatic hydroxyl groups excluding tert-OH is 1. The fourth-order valence-electron chi connectivity index (χ4n) is 2.16. The van der Waals surface area contributed by atoms with Gasteiger partial charge in [-0.15, -0.1) is 0 Å². The number of aryl methyl sites for hydroxylation is 1. The smallest absolute Gasteiger partial charge is 0.253 e. The summed E-state index contributed by atoms with van der Waals surface area (Å²) in [6.07, 6.45) is 0.498. The lowest BCUT2D eigenvalue weighted by atomic mass is 10.1. The minimum Gasteiger partial charge on any atom is -0.396 e. The number of hydrogen-bond donors (Lipinski definition) is 1. The van der Waals surface area contributed by atoms with Gasteiger partial charge in [0.15, 0.2) is 0 Å². The van der Waals surface area contributed by atoms with Crippen molar-refractivity contribution in [3.8, 4) is 0 Å². The third-order valence-corrected chi connectivity index (χ3v) is 3.30. The molecular formula is C13H16ClNO3. The zero-order chi connectivity index (χ0) is 13.1. The van der Waals surface area contributed by atoms with E-state index < -0.39 is 0 Å². The minimum atomic E-state index is -0.131. The normalized spacial score (nSPS) is 20.3. The Bertz CT molecular complexity index is 448. The van der Waals surface area contributed by atoms with E-state index in [1.54, 1.807) is 17.0 Å². The van der Waals surface area contributed by atoms with Crippen molar-refractivity contribution in [3.63, 3.8) is 0 Å². The molecule has 1 aliphatic heterocycles. The van der Waals surface area contributed by atoms with Gasteiger partial charge in [0, 0.05) is 17.3 Å². The molecule has 2 rings (SSSR count). The largest absolute Gasteiger partial charge is 0.396 e. The summed E-state index contributed by atoms with van der Waals surface area (Å²) in [6.45, 7) is 2.48. The molecule has 1 amide bonds. The molecule has 1 aliphatic rings. The summed E-state index contributed by atoms with van der Waals surface area (Å²) in [5.74, 6) is -0.0925. The molecule has 4 nitrogen and oxygen atoms in total. The van der Waals surface area contributed by atoms with E-state index in [0.717, 1.165) is 11.3 Å². The number of nitrogens with zero attached hydrogens (tertiary/aromatic N) is 1. The number of carbonyl (C=O) groups is 1. The second-order valence-corrected chi connectivity index (χ2v) is 4.81. The van der Waals surface area contributed by atoms with Crippen LogP contribution in [0.2, 0.25) is 5.02 Å². The topological polar surface area (TPSA) is 49.8 Å². The molecule has 1 heterocycles. The average molecular weight is 270 g/mol. The molecular weight excluding hydrogens is 254 g/mol. The van der Waals surface area contributed by atoms with Crippen LogP contribution < -0.4 is 4.90 Å². The van der Waals surface area contributed by atoms with Gasteiger partial charge in [-0.25, -0.2) is 0 Å². The van der Waals surface area contributed by atoms with E-state index in [1.165, 1.54) is 0 Å². The molecule has 1 aromatic rings. The van der Waals surface area contributed by atoms with Crippen LogP contribution in [-0.4, -0.2) is 36.9 Å². The minimum absolute atomic E-state index is 0.0252. The van der Waals surface area contributed by atoms with Crippen LogP contribution in [0.3, 0.4) is 0 Å². The van der Waals surface area contributed by atoms with Crippen molar-refractivity contribution >= 4 is 23.2 Å². The molecule has 0 spiro atoms. The van der Waals surface area contributed by atoms with Gasteiger partial charge >= 0.3 is 0 Å². The van der Waals surface area contributed by atoms with Gasteiger partial charge in [-0.05, 0) is 31.0 Å². The molecule has 0 aromatic heterocycles. The van der Waals surface area contributed by atoms with Crippen LogP contribution in [0.15, 0.2) is 18.2 Å². The van der Waals surface area contributed by atoms with Gasteiger partial charge in [0.1, 0.15) is 6.61 Å². The Balaban J connectivity index is 2.36. The number of ether oxygens (including phenoxy) is 1. The molecule has 1 N–H and O–H groups in total. The number of amides is 1. The maximum absolute atomic E-state index is 12.0. The summed E-state index contributed by atoms with van der Waals surface area (Å²) >= 11 is 5.99. The predicted molar refractivity (Wildman–Crippen MR) is 70.0 cm³/mol. The third-order valence-electron chi connectivity index (χ3n) is 3.06. The Morgan fingerprint density at radius 1 is 1.56 bits per heavy atom. The van der Waals surface area contributed by atoms with Crippen LogP contribution in [0.5, 0.6) is 0 Å². The summed E-state index contributed by atoms with van der Waals surface area (Å²) in [6, 6.07) is 5.33. The summed E-state index contributed by atoms with van der Waals surface area (Å²) in [7, 11) is 0. The predicted octanol–water partition coefficient (Wildman–Crippen LogP) is 1.76. The highest BCUT2D eigenvalue weighted by atomic mass is 35.5. The maximum atomic E-state index is 12.0. The number of morpholine rings is 1. The van der Waals surface area contributed by atoms with E-state index in [2.05, 4.69) is 0 Å². The Labute approximate surface area is 111 Å². The number of benzene rings is 1. The maximum Gasteiger partial charge on any atom is 0.253 e. The number of anilines is 1. The molecule has 1 saturated heterocycles. The van der Waals surface area contributed by atoms with Crippen molar-refractivity contribution in [1.82, 2.24) is 0 Å². The lowest BCUT2D eigenvalue weighted by Crippen LogP contribution is -2.50. The van der Waals surface area contributed by atoms with Gasteiger partial charge in [-0.3, -0.25) is 4.79 Å². The van der Waals surface area contributed by atoms with Crippen LogP contribution in [0, 0.1) is 6.92 Å². The standard InChI is InChI=1S/C13H16ClNO3/c1-9-2-3-10(14)6-12(9)15-11(4-5-16)7-18-8-13(15)17/h2-3,6,11,16H,4-5,7-8H2,1H3. The van der Waals surface area contributed by atoms with Crippen LogP contribution >= 0.6 is 11.6 Å². The van der Waals surface area contributed by atoms with E-state index in [1.807, 2.05) is 13.0 Å². The van der Waals surface area contributed by atoms with E-state index in [0.29, 0.717) is 18.1 Å². The lowest BCUT2D eigenvalue weighted by Gasteiger charge is -2.36. The van der Waals surface area contributed by atoms with Gasteiger partial charge in [0.25, 0.3) is 5.91 Å². The highest BCUT2D eigenvalue weighted by Gasteiger charge is 2.30. The van der Waals surface area contributed by atoms with Crippen molar-refractivity contribution < 1.29 is 14.6 Å². The quantitative estimate of drug-likeness (QED) is 0.910. The third kappa shape index (κ3) is 2.66. The van der Waals surface area contributed by atoms with Crippen LogP contribution in [-0.2, 0) is 9.53 Å². The first-order valence-electron chi connectivity index (χ1n) is 5.90. The molecule has 1 fully saturated rings. The molecule has 1 aromatic carbocycles. The summed E-state index contributed by atoms with van der Waals surface area (Å²) in [4.78, 5) is 13.7. The van der Waals surface area contributed by atoms with E-state index in [-0.39, 0.29) is 25.2 Å². The molecule has 98 valence electrons. The monoisotopic (exact) mass is 269 g/mol. The highest BCUT2D eigenvalue weighted by molar-refractivity contribution is 6.31. The number of halogens is 1. The van der Waals surface area contributed by atoms with Crippen LogP contribution in [0.25, 0.3) is 0 Å². The van der Waals surface area contributed by atoms with E-state index in [4.69, 9.17) is 21.4 Å². The summed E-state index contributed by atoms with van der Waals surface area (Å²) < 4.78 is 5.23. The zero-order valence-electron chi connectivity index (χ0n) is 10.2. The van der Waals surface area contributed by atoms with Crippen molar-refractivity contribution in [1.29, 1.82) is 0 Å². The second kappa shape index (κ2) is 5.69. The van der Waals surface area contributed by atoms with Gasteiger partial charge in [0.05, 0.1) is 12.6 Å². The number of rotatable bonds is 3. The molecule has 0 saturated carbocycles. The Hall–Kier alpha value is -1.10. The molecule has 5 heteroatoms. The number of carbonyl (C=O) groups excluding carboxylic acids is 1. The molecule has 1 atom stereocenters. The number of hydrogen-bond acceptors (Lipinski definition) is 3. The van der Waals surface area contributed by atoms with Crippen molar-refractivity contribution in [2.24, 2.45) is 0 Å². The summed E-state index contributed by atoms with van der Waals surface area (Å²) in [5.41, 5.74) is 1.78. The summed E-state index contributed by atoms with van der Waals surface area (Å²) in [5, 5.41) is 9.67. The average Bonchev–Trinajstić information content (AvgIpc) is 2.34. The van der Waals surface area contributed by atoms with Gasteiger partial charge in [0.2, 0.25) is 0 Å². The fourth-order valence-corrected chi connectivity index (χ4v) is 2.33. The molecule has 0 radical (unpaired) electrons. The zero-order valence-corrected chi connectivity index (χ0v) is 11.0. The van der Waals surface area contributed by atoms with Gasteiger partial charge in [-0.1, -0.05) is 17.7 Å². The Morgan fingerprint density at radius 2 is 2.33 bits per heavy atom. The van der Waals surface area contributed by atoms with Crippen molar-refractivity contribution in [2.75, 3.05) is 24.7 Å². The first-order chi connectivity index (χ1) is 8.63. The first kappa shape index (κ1) is 13.3. The Morgan fingerprint density at radius 3 is 3.06 bits per heavy atom. The van der Waals surface area contributed by atoms with Crippen LogP contribution in [0.4, 0.5) is 5.69 Å². The van der Waals surface area contributed by atoms with Crippen molar-refractivity contribution in [3.05, 3.63) is 28.8 Å². The molecule has 1 unspecified atom stereocenters. The molecule has 18 heavy (non-hydrogen) atoms. The molecule has 0 aliphatic carbocycles. The van der Waals surface area contributed by atoms with Gasteiger partial charge < -0.3 is 14.7 Å². The first-order valence-corrected chi connectivity index (χ1v) is 6.28. The van der Waals surface area contributed by atoms with Gasteiger partial charge in [-0.2, -0.15) is 0 Å². The van der Waals surface area contributed by atoms with E-state index >= 15 is 0 Å². The second-order valence-electron chi connectivity index (χ2n) is 4.38. The lowest BCUT2D eigenvalue weighted by molar-refractivity contribution is -0.127.